The molecule has 0 aromatic carbocycles. The highest BCUT2D eigenvalue weighted by molar-refractivity contribution is 5.85. The monoisotopic (exact) mass is 235 g/mol. The maximum Gasteiger partial charge on any atom is 0.242 e. The fourth-order valence-electron chi connectivity index (χ4n) is 2.88. The van der Waals surface area contributed by atoms with E-state index < -0.39 is 5.41 Å². The molecule has 2 rings (SSSR count). The van der Waals surface area contributed by atoms with Crippen LogP contribution >= 0.6 is 0 Å². The van der Waals surface area contributed by atoms with Gasteiger partial charge in [0.15, 0.2) is 0 Å². The van der Waals surface area contributed by atoms with E-state index in [4.69, 9.17) is 5.26 Å². The van der Waals surface area contributed by atoms with Gasteiger partial charge in [-0.15, -0.1) is 0 Å². The third-order valence-corrected chi connectivity index (χ3v) is 4.01. The Morgan fingerprint density at radius 1 is 1.41 bits per heavy atom. The number of carbonyl (C=O) groups excluding carboxylic acids is 1. The standard InChI is InChI=1S/C13H21N3O/c1-10-7-15-6-4-5-11(15)8-16(10)12(17)13(2,3)9-14/h10-11H,4-8H2,1-3H3. The number of piperazine rings is 1. The lowest BCUT2D eigenvalue weighted by molar-refractivity contribution is -0.143. The zero-order valence-electron chi connectivity index (χ0n) is 10.9. The van der Waals surface area contributed by atoms with Crippen LogP contribution in [-0.4, -0.2) is 47.4 Å². The molecule has 2 atom stereocenters. The molecule has 0 aromatic rings. The largest absolute Gasteiger partial charge is 0.336 e. The van der Waals surface area contributed by atoms with Gasteiger partial charge in [0.1, 0.15) is 5.41 Å². The second-order valence-corrected chi connectivity index (χ2v) is 5.83. The summed E-state index contributed by atoms with van der Waals surface area (Å²) in [4.78, 5) is 16.7. The second-order valence-electron chi connectivity index (χ2n) is 5.83. The van der Waals surface area contributed by atoms with Crippen LogP contribution in [0.15, 0.2) is 0 Å². The molecule has 2 aliphatic rings. The first-order chi connectivity index (χ1) is 7.95. The summed E-state index contributed by atoms with van der Waals surface area (Å²) in [5, 5.41) is 9.06. The molecule has 0 aliphatic carbocycles. The van der Waals surface area contributed by atoms with Crippen molar-refractivity contribution < 1.29 is 4.79 Å². The Morgan fingerprint density at radius 2 is 2.12 bits per heavy atom. The van der Waals surface area contributed by atoms with Crippen LogP contribution < -0.4 is 0 Å². The molecular weight excluding hydrogens is 214 g/mol. The van der Waals surface area contributed by atoms with Crippen LogP contribution in [0.1, 0.15) is 33.6 Å². The average molecular weight is 235 g/mol. The van der Waals surface area contributed by atoms with Gasteiger partial charge < -0.3 is 4.90 Å². The van der Waals surface area contributed by atoms with Gasteiger partial charge in [0.05, 0.1) is 6.07 Å². The number of fused-ring (bicyclic) bond motifs is 1. The first-order valence-electron chi connectivity index (χ1n) is 6.42. The third kappa shape index (κ3) is 2.16. The molecule has 2 saturated heterocycles. The van der Waals surface area contributed by atoms with E-state index in [1.807, 2.05) is 4.90 Å². The van der Waals surface area contributed by atoms with Gasteiger partial charge in [0, 0.05) is 25.2 Å². The topological polar surface area (TPSA) is 47.3 Å². The summed E-state index contributed by atoms with van der Waals surface area (Å²) in [5.41, 5.74) is -0.894. The van der Waals surface area contributed by atoms with Crippen LogP contribution in [0.3, 0.4) is 0 Å². The van der Waals surface area contributed by atoms with Crippen LogP contribution in [0.2, 0.25) is 0 Å². The van der Waals surface area contributed by atoms with Crippen LogP contribution in [0.5, 0.6) is 0 Å². The molecule has 0 aromatic heterocycles. The van der Waals surface area contributed by atoms with Crippen molar-refractivity contribution in [1.29, 1.82) is 5.26 Å². The molecule has 0 radical (unpaired) electrons. The predicted molar refractivity (Wildman–Crippen MR) is 65.2 cm³/mol. The number of hydrogen-bond acceptors (Lipinski definition) is 3. The number of rotatable bonds is 1. The summed E-state index contributed by atoms with van der Waals surface area (Å²) in [6.45, 7) is 8.42. The van der Waals surface area contributed by atoms with E-state index in [1.54, 1.807) is 13.8 Å². The fraction of sp³-hybridized carbons (Fsp3) is 0.846. The minimum absolute atomic E-state index is 0.0148. The van der Waals surface area contributed by atoms with E-state index in [0.29, 0.717) is 6.04 Å². The minimum Gasteiger partial charge on any atom is -0.336 e. The lowest BCUT2D eigenvalue weighted by Crippen LogP contribution is -2.58. The minimum atomic E-state index is -0.894. The lowest BCUT2D eigenvalue weighted by Gasteiger charge is -2.43. The second kappa shape index (κ2) is 4.30. The van der Waals surface area contributed by atoms with Crippen molar-refractivity contribution in [3.05, 3.63) is 0 Å². The SMILES string of the molecule is CC1CN2CCCC2CN1C(=O)C(C)(C)C#N. The van der Waals surface area contributed by atoms with Gasteiger partial charge in [-0.1, -0.05) is 0 Å². The maximum absolute atomic E-state index is 12.3. The molecule has 0 saturated carbocycles. The highest BCUT2D eigenvalue weighted by Crippen LogP contribution is 2.28. The van der Waals surface area contributed by atoms with Gasteiger partial charge in [-0.2, -0.15) is 5.26 Å². The van der Waals surface area contributed by atoms with Crippen molar-refractivity contribution in [1.82, 2.24) is 9.80 Å². The number of nitriles is 1. The molecule has 4 nitrogen and oxygen atoms in total. The van der Waals surface area contributed by atoms with Gasteiger partial charge >= 0.3 is 0 Å². The smallest absolute Gasteiger partial charge is 0.242 e. The van der Waals surface area contributed by atoms with E-state index in [0.717, 1.165) is 13.1 Å². The van der Waals surface area contributed by atoms with Crippen LogP contribution in [0, 0.1) is 16.7 Å². The normalized spacial score (nSPS) is 29.9. The van der Waals surface area contributed by atoms with Crippen molar-refractivity contribution >= 4 is 5.91 Å². The predicted octanol–water partition coefficient (Wildman–Crippen LogP) is 1.23. The van der Waals surface area contributed by atoms with E-state index in [9.17, 15) is 4.79 Å². The number of carbonyl (C=O) groups is 1. The molecule has 4 heteroatoms. The van der Waals surface area contributed by atoms with E-state index in [1.165, 1.54) is 19.4 Å². The van der Waals surface area contributed by atoms with Gasteiger partial charge in [-0.25, -0.2) is 0 Å². The summed E-state index contributed by atoms with van der Waals surface area (Å²) in [6, 6.07) is 2.86. The lowest BCUT2D eigenvalue weighted by atomic mass is 9.92. The Hall–Kier alpha value is -1.08. The Kier molecular flexibility index (Phi) is 3.13. The Balaban J connectivity index is 2.11. The molecule has 2 fully saturated rings. The van der Waals surface area contributed by atoms with Gasteiger partial charge in [0.2, 0.25) is 5.91 Å². The molecule has 94 valence electrons. The zero-order chi connectivity index (χ0) is 12.6. The Morgan fingerprint density at radius 3 is 2.76 bits per heavy atom. The van der Waals surface area contributed by atoms with Crippen molar-refractivity contribution in [3.63, 3.8) is 0 Å². The van der Waals surface area contributed by atoms with Crippen LogP contribution in [-0.2, 0) is 4.79 Å². The highest BCUT2D eigenvalue weighted by atomic mass is 16.2. The molecule has 0 bridgehead atoms. The molecule has 2 aliphatic heterocycles. The summed E-state index contributed by atoms with van der Waals surface area (Å²) < 4.78 is 0. The van der Waals surface area contributed by atoms with Crippen molar-refractivity contribution in [2.75, 3.05) is 19.6 Å². The third-order valence-electron chi connectivity index (χ3n) is 4.01. The molecule has 1 amide bonds. The molecular formula is C13H21N3O. The van der Waals surface area contributed by atoms with E-state index in [2.05, 4.69) is 17.9 Å². The zero-order valence-corrected chi connectivity index (χ0v) is 10.9. The van der Waals surface area contributed by atoms with Gasteiger partial charge in [0.25, 0.3) is 0 Å². The van der Waals surface area contributed by atoms with Gasteiger partial charge in [-0.05, 0) is 40.2 Å². The molecule has 17 heavy (non-hydrogen) atoms. The van der Waals surface area contributed by atoms with Gasteiger partial charge in [-0.3, -0.25) is 9.69 Å². The first kappa shape index (κ1) is 12.4. The average Bonchev–Trinajstić information content (AvgIpc) is 2.73. The molecule has 0 N–H and O–H groups in total. The summed E-state index contributed by atoms with van der Waals surface area (Å²) in [6.07, 6.45) is 2.42. The fourth-order valence-corrected chi connectivity index (χ4v) is 2.88. The molecule has 0 spiro atoms. The van der Waals surface area contributed by atoms with Crippen molar-refractivity contribution in [2.45, 2.75) is 45.7 Å². The summed E-state index contributed by atoms with van der Waals surface area (Å²) in [7, 11) is 0. The molecule has 2 unspecified atom stereocenters. The first-order valence-corrected chi connectivity index (χ1v) is 6.42. The van der Waals surface area contributed by atoms with Crippen LogP contribution in [0.4, 0.5) is 0 Å². The Labute approximate surface area is 103 Å². The van der Waals surface area contributed by atoms with Crippen molar-refractivity contribution in [3.8, 4) is 6.07 Å². The number of nitrogens with zero attached hydrogens (tertiary/aromatic N) is 3. The maximum atomic E-state index is 12.3. The number of hydrogen-bond donors (Lipinski definition) is 0. The van der Waals surface area contributed by atoms with E-state index in [-0.39, 0.29) is 11.9 Å². The quantitative estimate of drug-likeness (QED) is 0.687. The highest BCUT2D eigenvalue weighted by Gasteiger charge is 2.41. The van der Waals surface area contributed by atoms with E-state index >= 15 is 0 Å². The summed E-state index contributed by atoms with van der Waals surface area (Å²) in [5.74, 6) is -0.0148. The number of amides is 1. The van der Waals surface area contributed by atoms with Crippen molar-refractivity contribution in [2.24, 2.45) is 5.41 Å². The molecule has 2 heterocycles. The van der Waals surface area contributed by atoms with Crippen LogP contribution in [0.25, 0.3) is 0 Å². The summed E-state index contributed by atoms with van der Waals surface area (Å²) >= 11 is 0. The Bertz CT molecular complexity index is 358.